The van der Waals surface area contributed by atoms with E-state index in [1.165, 1.54) is 6.07 Å². The summed E-state index contributed by atoms with van der Waals surface area (Å²) in [7, 11) is 0. The largest absolute Gasteiger partial charge is 0.338 e. The van der Waals surface area contributed by atoms with Crippen molar-refractivity contribution in [1.29, 1.82) is 0 Å². The van der Waals surface area contributed by atoms with Gasteiger partial charge in [0, 0.05) is 31.1 Å². The van der Waals surface area contributed by atoms with Gasteiger partial charge < -0.3 is 10.6 Å². The molecule has 0 fully saturated rings. The van der Waals surface area contributed by atoms with Gasteiger partial charge in [-0.25, -0.2) is 4.39 Å². The fourth-order valence-electron chi connectivity index (χ4n) is 2.16. The maximum absolute atomic E-state index is 13.6. The van der Waals surface area contributed by atoms with E-state index in [2.05, 4.69) is 0 Å². The van der Waals surface area contributed by atoms with Crippen LogP contribution in [0.1, 0.15) is 24.5 Å². The van der Waals surface area contributed by atoms with Crippen LogP contribution in [-0.2, 0) is 17.8 Å². The SMILES string of the molecule is CC(N)CC(=O)N1CCc2cccc(F)c2C1.Cl. The number of halogens is 2. The van der Waals surface area contributed by atoms with Gasteiger partial charge in [0.25, 0.3) is 0 Å². The summed E-state index contributed by atoms with van der Waals surface area (Å²) in [6, 6.07) is 4.93. The molecule has 1 unspecified atom stereocenters. The molecule has 1 heterocycles. The number of nitrogens with two attached hydrogens (primary N) is 1. The molecule has 0 aliphatic carbocycles. The molecule has 18 heavy (non-hydrogen) atoms. The fraction of sp³-hybridized carbons (Fsp3) is 0.462. The van der Waals surface area contributed by atoms with E-state index in [1.807, 2.05) is 6.07 Å². The normalized spacial score (nSPS) is 15.6. The molecule has 0 radical (unpaired) electrons. The molecule has 100 valence electrons. The molecule has 1 aliphatic rings. The lowest BCUT2D eigenvalue weighted by atomic mass is 9.99. The van der Waals surface area contributed by atoms with E-state index in [0.717, 1.165) is 12.0 Å². The van der Waals surface area contributed by atoms with Crippen LogP contribution in [0.25, 0.3) is 0 Å². The second-order valence-corrected chi connectivity index (χ2v) is 4.62. The Bertz CT molecular complexity index is 437. The molecule has 0 aromatic heterocycles. The van der Waals surface area contributed by atoms with Crippen molar-refractivity contribution in [2.24, 2.45) is 5.73 Å². The van der Waals surface area contributed by atoms with Crippen LogP contribution >= 0.6 is 12.4 Å². The third kappa shape index (κ3) is 3.21. The van der Waals surface area contributed by atoms with Crippen LogP contribution in [0.3, 0.4) is 0 Å². The lowest BCUT2D eigenvalue weighted by molar-refractivity contribution is -0.132. The molecule has 1 aliphatic heterocycles. The Kier molecular flexibility index (Phi) is 5.11. The van der Waals surface area contributed by atoms with Crippen molar-refractivity contribution in [2.45, 2.75) is 32.4 Å². The number of hydrogen-bond donors (Lipinski definition) is 1. The first-order valence-corrected chi connectivity index (χ1v) is 5.87. The van der Waals surface area contributed by atoms with Gasteiger partial charge in [-0.3, -0.25) is 4.79 Å². The zero-order valence-corrected chi connectivity index (χ0v) is 11.2. The van der Waals surface area contributed by atoms with E-state index in [1.54, 1.807) is 17.9 Å². The summed E-state index contributed by atoms with van der Waals surface area (Å²) in [6.07, 6.45) is 1.04. The molecule has 1 aromatic carbocycles. The number of fused-ring (bicyclic) bond motifs is 1. The Labute approximate surface area is 113 Å². The zero-order chi connectivity index (χ0) is 12.4. The van der Waals surface area contributed by atoms with Crippen LogP contribution in [0.2, 0.25) is 0 Å². The van der Waals surface area contributed by atoms with E-state index in [9.17, 15) is 9.18 Å². The number of carbonyl (C=O) groups excluding carboxylic acids is 1. The van der Waals surface area contributed by atoms with Gasteiger partial charge in [0.15, 0.2) is 0 Å². The molecule has 5 heteroatoms. The van der Waals surface area contributed by atoms with E-state index >= 15 is 0 Å². The quantitative estimate of drug-likeness (QED) is 0.893. The van der Waals surface area contributed by atoms with E-state index in [4.69, 9.17) is 5.73 Å². The molecular formula is C13H18ClFN2O. The highest BCUT2D eigenvalue weighted by molar-refractivity contribution is 5.85. The van der Waals surface area contributed by atoms with E-state index in [0.29, 0.717) is 25.1 Å². The first kappa shape index (κ1) is 14.9. The average molecular weight is 273 g/mol. The second-order valence-electron chi connectivity index (χ2n) is 4.62. The first-order chi connectivity index (χ1) is 8.08. The van der Waals surface area contributed by atoms with Gasteiger partial charge in [0.2, 0.25) is 5.91 Å². The van der Waals surface area contributed by atoms with Gasteiger partial charge in [-0.15, -0.1) is 12.4 Å². The van der Waals surface area contributed by atoms with Crippen molar-refractivity contribution in [1.82, 2.24) is 4.90 Å². The molecule has 1 aromatic rings. The molecule has 0 saturated carbocycles. The maximum atomic E-state index is 13.6. The zero-order valence-electron chi connectivity index (χ0n) is 10.4. The summed E-state index contributed by atoms with van der Waals surface area (Å²) in [5, 5.41) is 0. The van der Waals surface area contributed by atoms with Gasteiger partial charge in [-0.2, -0.15) is 0 Å². The Hall–Kier alpha value is -1.13. The summed E-state index contributed by atoms with van der Waals surface area (Å²) < 4.78 is 13.6. The minimum absolute atomic E-state index is 0. The Morgan fingerprint density at radius 3 is 2.94 bits per heavy atom. The van der Waals surface area contributed by atoms with E-state index in [-0.39, 0.29) is 30.2 Å². The third-order valence-electron chi connectivity index (χ3n) is 3.07. The fourth-order valence-corrected chi connectivity index (χ4v) is 2.16. The van der Waals surface area contributed by atoms with Crippen molar-refractivity contribution in [2.75, 3.05) is 6.54 Å². The minimum Gasteiger partial charge on any atom is -0.338 e. The van der Waals surface area contributed by atoms with Gasteiger partial charge >= 0.3 is 0 Å². The molecule has 0 spiro atoms. The molecule has 2 rings (SSSR count). The molecule has 0 bridgehead atoms. The maximum Gasteiger partial charge on any atom is 0.224 e. The van der Waals surface area contributed by atoms with Gasteiger partial charge in [-0.05, 0) is 25.0 Å². The summed E-state index contributed by atoms with van der Waals surface area (Å²) in [5.74, 6) is -0.213. The summed E-state index contributed by atoms with van der Waals surface area (Å²) in [4.78, 5) is 13.5. The number of benzene rings is 1. The lowest BCUT2D eigenvalue weighted by Gasteiger charge is -2.29. The topological polar surface area (TPSA) is 46.3 Å². The summed E-state index contributed by atoms with van der Waals surface area (Å²) >= 11 is 0. The third-order valence-corrected chi connectivity index (χ3v) is 3.07. The molecule has 3 nitrogen and oxygen atoms in total. The van der Waals surface area contributed by atoms with Crippen molar-refractivity contribution in [3.05, 3.63) is 35.1 Å². The molecule has 1 atom stereocenters. The van der Waals surface area contributed by atoms with Crippen LogP contribution in [0.5, 0.6) is 0 Å². The standard InChI is InChI=1S/C13H17FN2O.ClH/c1-9(15)7-13(17)16-6-5-10-3-2-4-12(14)11(10)8-16;/h2-4,9H,5-8,15H2,1H3;1H. The molecule has 1 amide bonds. The first-order valence-electron chi connectivity index (χ1n) is 5.87. The Morgan fingerprint density at radius 1 is 1.56 bits per heavy atom. The molecule has 0 saturated heterocycles. The van der Waals surface area contributed by atoms with Crippen molar-refractivity contribution in [3.63, 3.8) is 0 Å². The predicted octanol–water partition coefficient (Wildman–Crippen LogP) is 1.87. The second kappa shape index (κ2) is 6.16. The van der Waals surface area contributed by atoms with Crippen molar-refractivity contribution >= 4 is 18.3 Å². The molecule has 2 N–H and O–H groups in total. The van der Waals surface area contributed by atoms with Crippen LogP contribution in [0.15, 0.2) is 18.2 Å². The average Bonchev–Trinajstić information content (AvgIpc) is 2.28. The van der Waals surface area contributed by atoms with Crippen LogP contribution < -0.4 is 5.73 Å². The lowest BCUT2D eigenvalue weighted by Crippen LogP contribution is -2.38. The number of amides is 1. The predicted molar refractivity (Wildman–Crippen MR) is 71.0 cm³/mol. The van der Waals surface area contributed by atoms with Crippen molar-refractivity contribution < 1.29 is 9.18 Å². The van der Waals surface area contributed by atoms with E-state index < -0.39 is 0 Å². The number of hydrogen-bond acceptors (Lipinski definition) is 2. The highest BCUT2D eigenvalue weighted by Gasteiger charge is 2.23. The Morgan fingerprint density at radius 2 is 2.28 bits per heavy atom. The summed E-state index contributed by atoms with van der Waals surface area (Å²) in [5.41, 5.74) is 7.26. The number of carbonyl (C=O) groups is 1. The van der Waals surface area contributed by atoms with Crippen LogP contribution in [0.4, 0.5) is 4.39 Å². The Balaban J connectivity index is 0.00000162. The smallest absolute Gasteiger partial charge is 0.224 e. The highest BCUT2D eigenvalue weighted by atomic mass is 35.5. The van der Waals surface area contributed by atoms with Gasteiger partial charge in [-0.1, -0.05) is 12.1 Å². The van der Waals surface area contributed by atoms with Crippen LogP contribution in [-0.4, -0.2) is 23.4 Å². The van der Waals surface area contributed by atoms with Crippen molar-refractivity contribution in [3.8, 4) is 0 Å². The molecular weight excluding hydrogens is 255 g/mol. The van der Waals surface area contributed by atoms with Gasteiger partial charge in [0.1, 0.15) is 5.82 Å². The highest BCUT2D eigenvalue weighted by Crippen LogP contribution is 2.22. The van der Waals surface area contributed by atoms with Crippen LogP contribution in [0, 0.1) is 5.82 Å². The summed E-state index contributed by atoms with van der Waals surface area (Å²) in [6.45, 7) is 2.83. The van der Waals surface area contributed by atoms with Gasteiger partial charge in [0.05, 0.1) is 0 Å². The number of nitrogens with zero attached hydrogens (tertiary/aromatic N) is 1. The monoisotopic (exact) mass is 272 g/mol. The minimum atomic E-state index is -0.221. The number of rotatable bonds is 2.